The lowest BCUT2D eigenvalue weighted by Gasteiger charge is -2.25. The molecule has 2 aromatic heterocycles. The second-order valence-corrected chi connectivity index (χ2v) is 11.0. The van der Waals surface area contributed by atoms with Crippen molar-refractivity contribution >= 4 is 38.4 Å². The highest BCUT2D eigenvalue weighted by atomic mass is 32.1. The molecule has 1 saturated heterocycles. The molecule has 7 nitrogen and oxygen atoms in total. The molecule has 0 bridgehead atoms. The van der Waals surface area contributed by atoms with Crippen molar-refractivity contribution in [3.8, 4) is 11.6 Å². The quantitative estimate of drug-likeness (QED) is 0.346. The SMILES string of the molecule is COc1ccc2nc(N3CC4(CCN(C(C)=O)C4)c4cc(OC(C)Cc5ccccc5)ccc43)sc2n1. The summed E-state index contributed by atoms with van der Waals surface area (Å²) in [5, 5.41) is 0.904. The standard InChI is InChI=1S/C29H30N4O3S/c1-19(15-21-7-5-4-6-8-21)36-22-9-11-25-23(16-22)29(13-14-32(17-29)20(2)34)18-33(25)28-30-24-10-12-26(35-3)31-27(24)37-28/h4-12,16,19H,13-15,17-18H2,1-3H3. The number of carbonyl (C=O) groups is 1. The predicted octanol–water partition coefficient (Wildman–Crippen LogP) is 5.35. The van der Waals surface area contributed by atoms with Gasteiger partial charge in [0.1, 0.15) is 16.1 Å². The summed E-state index contributed by atoms with van der Waals surface area (Å²) in [7, 11) is 1.62. The Morgan fingerprint density at radius 2 is 1.95 bits per heavy atom. The van der Waals surface area contributed by atoms with E-state index in [-0.39, 0.29) is 17.4 Å². The molecule has 2 aromatic carbocycles. The van der Waals surface area contributed by atoms with Crippen molar-refractivity contribution in [2.45, 2.75) is 38.2 Å². The Morgan fingerprint density at radius 3 is 2.70 bits per heavy atom. The fraction of sp³-hybridized carbons (Fsp3) is 0.345. The lowest BCUT2D eigenvalue weighted by atomic mass is 9.81. The Hall–Kier alpha value is -3.65. The molecule has 8 heteroatoms. The number of nitrogens with zero attached hydrogens (tertiary/aromatic N) is 4. The minimum atomic E-state index is -0.161. The van der Waals surface area contributed by atoms with Gasteiger partial charge in [-0.3, -0.25) is 4.79 Å². The second kappa shape index (κ2) is 9.34. The van der Waals surface area contributed by atoms with Crippen LogP contribution in [-0.2, 0) is 16.6 Å². The van der Waals surface area contributed by atoms with Crippen LogP contribution in [0.5, 0.6) is 11.6 Å². The summed E-state index contributed by atoms with van der Waals surface area (Å²) in [5.41, 5.74) is 4.30. The van der Waals surface area contributed by atoms with E-state index >= 15 is 0 Å². The molecule has 2 aliphatic rings. The second-order valence-electron chi connectivity index (χ2n) is 10.0. The molecule has 1 amide bonds. The molecule has 0 radical (unpaired) electrons. The van der Waals surface area contributed by atoms with E-state index in [4.69, 9.17) is 14.5 Å². The van der Waals surface area contributed by atoms with Gasteiger partial charge >= 0.3 is 0 Å². The van der Waals surface area contributed by atoms with Crippen molar-refractivity contribution in [3.05, 3.63) is 71.8 Å². The summed E-state index contributed by atoms with van der Waals surface area (Å²) in [4.78, 5) is 26.9. The van der Waals surface area contributed by atoms with Crippen LogP contribution < -0.4 is 14.4 Å². The number of rotatable bonds is 6. The maximum Gasteiger partial charge on any atom is 0.219 e. The van der Waals surface area contributed by atoms with Crippen LogP contribution in [0.4, 0.5) is 10.8 Å². The number of amides is 1. The third-order valence-electron chi connectivity index (χ3n) is 7.45. The van der Waals surface area contributed by atoms with E-state index in [2.05, 4.69) is 59.3 Å². The van der Waals surface area contributed by atoms with Crippen LogP contribution in [0.2, 0.25) is 0 Å². The molecule has 2 aliphatic heterocycles. The number of benzene rings is 2. The first-order valence-electron chi connectivity index (χ1n) is 12.6. The number of thiazole rings is 1. The van der Waals surface area contributed by atoms with Crippen molar-refractivity contribution in [1.82, 2.24) is 14.9 Å². The minimum Gasteiger partial charge on any atom is -0.490 e. The van der Waals surface area contributed by atoms with Crippen molar-refractivity contribution < 1.29 is 14.3 Å². The third kappa shape index (κ3) is 4.39. The first-order valence-corrected chi connectivity index (χ1v) is 13.5. The first-order chi connectivity index (χ1) is 17.9. The van der Waals surface area contributed by atoms with Gasteiger partial charge in [0, 0.05) is 50.1 Å². The zero-order chi connectivity index (χ0) is 25.6. The third-order valence-corrected chi connectivity index (χ3v) is 8.44. The molecular formula is C29H30N4O3S. The minimum absolute atomic E-state index is 0.0384. The number of likely N-dealkylation sites (tertiary alicyclic amines) is 1. The lowest BCUT2D eigenvalue weighted by Crippen LogP contribution is -2.36. The topological polar surface area (TPSA) is 67.8 Å². The maximum atomic E-state index is 12.3. The van der Waals surface area contributed by atoms with Gasteiger partial charge in [0.25, 0.3) is 0 Å². The molecule has 1 spiro atoms. The molecule has 4 aromatic rings. The van der Waals surface area contributed by atoms with E-state index in [1.54, 1.807) is 25.4 Å². The van der Waals surface area contributed by atoms with Gasteiger partial charge in [-0.05, 0) is 48.7 Å². The average molecular weight is 515 g/mol. The van der Waals surface area contributed by atoms with Gasteiger partial charge in [-0.25, -0.2) is 9.97 Å². The van der Waals surface area contributed by atoms with Crippen LogP contribution in [0.3, 0.4) is 0 Å². The Labute approximate surface area is 220 Å². The van der Waals surface area contributed by atoms with Gasteiger partial charge < -0.3 is 19.3 Å². The van der Waals surface area contributed by atoms with Gasteiger partial charge in [-0.2, -0.15) is 0 Å². The molecule has 0 saturated carbocycles. The summed E-state index contributed by atoms with van der Waals surface area (Å²) in [6.45, 7) is 6.00. The fourth-order valence-electron chi connectivity index (χ4n) is 5.62. The van der Waals surface area contributed by atoms with Crippen LogP contribution in [-0.4, -0.2) is 53.6 Å². The van der Waals surface area contributed by atoms with Gasteiger partial charge in [0.05, 0.1) is 13.2 Å². The Morgan fingerprint density at radius 1 is 1.11 bits per heavy atom. The lowest BCUT2D eigenvalue weighted by molar-refractivity contribution is -0.127. The number of hydrogen-bond acceptors (Lipinski definition) is 7. The molecule has 37 heavy (non-hydrogen) atoms. The largest absolute Gasteiger partial charge is 0.490 e. The number of anilines is 2. The summed E-state index contributed by atoms with van der Waals surface area (Å²) in [5.74, 6) is 1.57. The van der Waals surface area contributed by atoms with Crippen molar-refractivity contribution in [1.29, 1.82) is 0 Å². The highest BCUT2D eigenvalue weighted by molar-refractivity contribution is 7.21. The molecular weight excluding hydrogens is 484 g/mol. The Balaban J connectivity index is 1.34. The molecule has 1 fully saturated rings. The molecule has 4 heterocycles. The Bertz CT molecular complexity index is 1460. The molecule has 2 atom stereocenters. The van der Waals surface area contributed by atoms with Crippen LogP contribution in [0.1, 0.15) is 31.4 Å². The van der Waals surface area contributed by atoms with E-state index in [9.17, 15) is 4.79 Å². The number of methoxy groups -OCH3 is 1. The van der Waals surface area contributed by atoms with E-state index < -0.39 is 0 Å². The number of ether oxygens (including phenoxy) is 2. The summed E-state index contributed by atoms with van der Waals surface area (Å²) < 4.78 is 11.7. The summed E-state index contributed by atoms with van der Waals surface area (Å²) in [6, 6.07) is 20.6. The number of fused-ring (bicyclic) bond motifs is 3. The van der Waals surface area contributed by atoms with Crippen molar-refractivity contribution in [2.75, 3.05) is 31.6 Å². The first kappa shape index (κ1) is 23.7. The van der Waals surface area contributed by atoms with E-state index in [1.165, 1.54) is 11.1 Å². The average Bonchev–Trinajstić information content (AvgIpc) is 3.60. The highest BCUT2D eigenvalue weighted by Crippen LogP contribution is 2.51. The zero-order valence-electron chi connectivity index (χ0n) is 21.3. The maximum absolute atomic E-state index is 12.3. The smallest absolute Gasteiger partial charge is 0.219 e. The van der Waals surface area contributed by atoms with Crippen LogP contribution in [0.25, 0.3) is 10.3 Å². The van der Waals surface area contributed by atoms with Crippen LogP contribution >= 0.6 is 11.3 Å². The van der Waals surface area contributed by atoms with E-state index in [0.29, 0.717) is 12.4 Å². The molecule has 190 valence electrons. The fourth-order valence-corrected chi connectivity index (χ4v) is 6.56. The highest BCUT2D eigenvalue weighted by Gasteiger charge is 2.49. The number of hydrogen-bond donors (Lipinski definition) is 0. The molecule has 0 aliphatic carbocycles. The van der Waals surface area contributed by atoms with Gasteiger partial charge in [0.2, 0.25) is 11.8 Å². The molecule has 6 rings (SSSR count). The predicted molar refractivity (Wildman–Crippen MR) is 146 cm³/mol. The number of carbonyl (C=O) groups excluding carboxylic acids is 1. The van der Waals surface area contributed by atoms with Gasteiger partial charge in [-0.15, -0.1) is 0 Å². The van der Waals surface area contributed by atoms with Crippen molar-refractivity contribution in [2.24, 2.45) is 0 Å². The molecule has 0 N–H and O–H groups in total. The monoisotopic (exact) mass is 514 g/mol. The van der Waals surface area contributed by atoms with Crippen LogP contribution in [0.15, 0.2) is 60.7 Å². The molecule has 2 unspecified atom stereocenters. The van der Waals surface area contributed by atoms with Crippen LogP contribution in [0, 0.1) is 0 Å². The summed E-state index contributed by atoms with van der Waals surface area (Å²) >= 11 is 1.56. The number of aromatic nitrogens is 2. The normalized spacial score (nSPS) is 19.4. The van der Waals surface area contributed by atoms with Crippen molar-refractivity contribution in [3.63, 3.8) is 0 Å². The van der Waals surface area contributed by atoms with E-state index in [1.807, 2.05) is 23.1 Å². The zero-order valence-corrected chi connectivity index (χ0v) is 22.1. The number of pyridine rings is 1. The van der Waals surface area contributed by atoms with Gasteiger partial charge in [0.15, 0.2) is 5.13 Å². The van der Waals surface area contributed by atoms with E-state index in [0.717, 1.165) is 52.8 Å². The van der Waals surface area contributed by atoms with Gasteiger partial charge in [-0.1, -0.05) is 41.7 Å². The summed E-state index contributed by atoms with van der Waals surface area (Å²) in [6.07, 6.45) is 1.79. The Kier molecular flexibility index (Phi) is 5.99.